The van der Waals surface area contributed by atoms with E-state index in [1.165, 1.54) is 36.7 Å². The minimum Gasteiger partial charge on any atom is -0.320 e. The lowest BCUT2D eigenvalue weighted by molar-refractivity contribution is -0.120. The van der Waals surface area contributed by atoms with Gasteiger partial charge in [-0.2, -0.15) is 5.26 Å². The van der Waals surface area contributed by atoms with E-state index >= 15 is 0 Å². The normalized spacial score (nSPS) is 17.8. The Morgan fingerprint density at radius 3 is 2.70 bits per heavy atom. The molecule has 0 fully saturated rings. The second kappa shape index (κ2) is 8.73. The van der Waals surface area contributed by atoms with Gasteiger partial charge in [-0.15, -0.1) is 11.8 Å². The van der Waals surface area contributed by atoms with Crippen molar-refractivity contribution in [3.05, 3.63) is 46.2 Å². The zero-order valence-electron chi connectivity index (χ0n) is 13.3. The number of carbonyl (C=O) groups excluding carboxylic acids is 1. The molecule has 122 valence electrons. The van der Waals surface area contributed by atoms with E-state index < -0.39 is 0 Å². The van der Waals surface area contributed by atoms with Gasteiger partial charge in [0.05, 0.1) is 16.7 Å². The van der Waals surface area contributed by atoms with Crippen LogP contribution < -0.4 is 5.32 Å². The number of benzene rings is 1. The lowest BCUT2D eigenvalue weighted by atomic mass is 9.87. The first-order chi connectivity index (χ1) is 11.2. The summed E-state index contributed by atoms with van der Waals surface area (Å²) in [4.78, 5) is 12.0. The molecule has 0 aliphatic carbocycles. The van der Waals surface area contributed by atoms with E-state index in [9.17, 15) is 14.4 Å². The van der Waals surface area contributed by atoms with Crippen LogP contribution in [0.1, 0.15) is 50.5 Å². The number of halogens is 1. The minimum absolute atomic E-state index is 0.0885. The summed E-state index contributed by atoms with van der Waals surface area (Å²) in [5.74, 6) is 0.195. The molecule has 1 aliphatic heterocycles. The molecule has 5 heteroatoms. The summed E-state index contributed by atoms with van der Waals surface area (Å²) in [5.41, 5.74) is 1.39. The molecule has 0 unspecified atom stereocenters. The van der Waals surface area contributed by atoms with E-state index in [0.717, 1.165) is 24.2 Å². The van der Waals surface area contributed by atoms with Crippen molar-refractivity contribution < 1.29 is 9.18 Å². The lowest BCUT2D eigenvalue weighted by Crippen LogP contribution is -2.30. The highest BCUT2D eigenvalue weighted by molar-refractivity contribution is 8.03. The van der Waals surface area contributed by atoms with Crippen molar-refractivity contribution in [3.8, 4) is 6.07 Å². The molecule has 1 heterocycles. The Balaban J connectivity index is 2.14. The van der Waals surface area contributed by atoms with E-state index in [4.69, 9.17) is 0 Å². The van der Waals surface area contributed by atoms with Crippen LogP contribution in [0.5, 0.6) is 0 Å². The topological polar surface area (TPSA) is 52.9 Å². The summed E-state index contributed by atoms with van der Waals surface area (Å²) in [6, 6.07) is 8.28. The number of nitriles is 1. The molecular formula is C18H21FN2OS. The molecular weight excluding hydrogens is 311 g/mol. The van der Waals surface area contributed by atoms with E-state index in [1.54, 1.807) is 12.1 Å². The Hall–Kier alpha value is -1.80. The molecule has 0 aromatic heterocycles. The minimum atomic E-state index is -0.318. The van der Waals surface area contributed by atoms with Gasteiger partial charge in [-0.1, -0.05) is 38.3 Å². The van der Waals surface area contributed by atoms with Crippen LogP contribution in [-0.4, -0.2) is 11.7 Å². The van der Waals surface area contributed by atoms with Crippen LogP contribution in [0.2, 0.25) is 0 Å². The zero-order valence-corrected chi connectivity index (χ0v) is 14.1. The molecule has 0 spiro atoms. The number of unbranched alkanes of at least 4 members (excludes halogenated alkanes) is 3. The highest BCUT2D eigenvalue weighted by atomic mass is 32.2. The summed E-state index contributed by atoms with van der Waals surface area (Å²) in [6.45, 7) is 2.16. The second-order valence-corrected chi connectivity index (χ2v) is 6.73. The van der Waals surface area contributed by atoms with E-state index in [0.29, 0.717) is 10.6 Å². The molecule has 1 aromatic carbocycles. The molecule has 23 heavy (non-hydrogen) atoms. The van der Waals surface area contributed by atoms with Crippen LogP contribution >= 0.6 is 11.8 Å². The molecule has 0 saturated heterocycles. The van der Waals surface area contributed by atoms with E-state index in [-0.39, 0.29) is 24.1 Å². The van der Waals surface area contributed by atoms with Crippen LogP contribution in [0.4, 0.5) is 4.39 Å². The zero-order chi connectivity index (χ0) is 16.7. The number of hydrogen-bond acceptors (Lipinski definition) is 3. The van der Waals surface area contributed by atoms with E-state index in [1.807, 2.05) is 0 Å². The van der Waals surface area contributed by atoms with Gasteiger partial charge in [0.15, 0.2) is 0 Å². The smallest absolute Gasteiger partial charge is 0.225 e. The van der Waals surface area contributed by atoms with Gasteiger partial charge in [0.1, 0.15) is 5.82 Å². The summed E-state index contributed by atoms with van der Waals surface area (Å²) in [6.07, 6.45) is 4.84. The number of allylic oxidation sites excluding steroid dienone is 1. The molecule has 1 aliphatic rings. The number of amides is 1. The quantitative estimate of drug-likeness (QED) is 0.749. The van der Waals surface area contributed by atoms with Crippen molar-refractivity contribution in [2.75, 3.05) is 5.75 Å². The average Bonchev–Trinajstić information content (AvgIpc) is 2.55. The number of carbonyl (C=O) groups is 1. The third-order valence-electron chi connectivity index (χ3n) is 3.87. The van der Waals surface area contributed by atoms with Crippen LogP contribution in [0.15, 0.2) is 34.9 Å². The van der Waals surface area contributed by atoms with Gasteiger partial charge >= 0.3 is 0 Å². The van der Waals surface area contributed by atoms with Gasteiger partial charge in [0.25, 0.3) is 0 Å². The number of nitrogens with zero attached hydrogens (tertiary/aromatic N) is 1. The fraction of sp³-hybridized carbons (Fsp3) is 0.444. The Morgan fingerprint density at radius 2 is 2.04 bits per heavy atom. The van der Waals surface area contributed by atoms with Gasteiger partial charge in [0, 0.05) is 12.3 Å². The van der Waals surface area contributed by atoms with Crippen molar-refractivity contribution in [3.63, 3.8) is 0 Å². The number of hydrogen-bond donors (Lipinski definition) is 1. The standard InChI is InChI=1S/C18H21FN2OS/c1-2-3-4-5-10-23-18-16(12-20)15(11-17(22)21-18)13-6-8-14(19)9-7-13/h6-9,15H,2-5,10-11H2,1H3,(H,21,22)/t15-/m0/s1. The monoisotopic (exact) mass is 332 g/mol. The van der Waals surface area contributed by atoms with Crippen LogP contribution in [0, 0.1) is 17.1 Å². The van der Waals surface area contributed by atoms with Crippen molar-refractivity contribution in [2.45, 2.75) is 44.9 Å². The maximum absolute atomic E-state index is 13.1. The first-order valence-electron chi connectivity index (χ1n) is 7.98. The van der Waals surface area contributed by atoms with Crippen molar-refractivity contribution in [2.24, 2.45) is 0 Å². The number of nitrogens with one attached hydrogen (secondary N) is 1. The highest BCUT2D eigenvalue weighted by Crippen LogP contribution is 2.36. The SMILES string of the molecule is CCCCCCSC1=C(C#N)[C@H](c2ccc(F)cc2)CC(=O)N1. The van der Waals surface area contributed by atoms with Gasteiger partial charge in [-0.25, -0.2) is 4.39 Å². The molecule has 1 amide bonds. The molecule has 0 bridgehead atoms. The van der Waals surface area contributed by atoms with Crippen molar-refractivity contribution in [1.29, 1.82) is 5.26 Å². The third kappa shape index (κ3) is 4.84. The molecule has 3 nitrogen and oxygen atoms in total. The second-order valence-electron chi connectivity index (χ2n) is 5.62. The van der Waals surface area contributed by atoms with Gasteiger partial charge in [0.2, 0.25) is 5.91 Å². The fourth-order valence-corrected chi connectivity index (χ4v) is 3.70. The van der Waals surface area contributed by atoms with Crippen molar-refractivity contribution in [1.82, 2.24) is 5.32 Å². The maximum Gasteiger partial charge on any atom is 0.225 e. The van der Waals surface area contributed by atoms with Crippen LogP contribution in [0.25, 0.3) is 0 Å². The van der Waals surface area contributed by atoms with Gasteiger partial charge in [-0.05, 0) is 29.9 Å². The van der Waals surface area contributed by atoms with Crippen molar-refractivity contribution >= 4 is 17.7 Å². The highest BCUT2D eigenvalue weighted by Gasteiger charge is 2.29. The van der Waals surface area contributed by atoms with Crippen LogP contribution in [0.3, 0.4) is 0 Å². The largest absolute Gasteiger partial charge is 0.320 e. The van der Waals surface area contributed by atoms with Gasteiger partial charge < -0.3 is 5.32 Å². The Bertz CT molecular complexity index is 619. The average molecular weight is 332 g/mol. The predicted octanol–water partition coefficient (Wildman–Crippen LogP) is 4.48. The van der Waals surface area contributed by atoms with E-state index in [2.05, 4.69) is 18.3 Å². The Labute approximate surface area is 141 Å². The van der Waals surface area contributed by atoms with Gasteiger partial charge in [-0.3, -0.25) is 4.79 Å². The summed E-state index contributed by atoms with van der Waals surface area (Å²) in [7, 11) is 0. The summed E-state index contributed by atoms with van der Waals surface area (Å²) >= 11 is 1.54. The Kier molecular flexibility index (Phi) is 6.66. The molecule has 2 rings (SSSR count). The predicted molar refractivity (Wildman–Crippen MR) is 91.1 cm³/mol. The molecule has 1 atom stereocenters. The summed E-state index contributed by atoms with van der Waals surface area (Å²) in [5, 5.41) is 13.0. The first kappa shape index (κ1) is 17.6. The number of thioether (sulfide) groups is 1. The molecule has 1 aromatic rings. The summed E-state index contributed by atoms with van der Waals surface area (Å²) < 4.78 is 13.1. The maximum atomic E-state index is 13.1. The molecule has 0 saturated carbocycles. The first-order valence-corrected chi connectivity index (χ1v) is 8.96. The fourth-order valence-electron chi connectivity index (χ4n) is 2.62. The molecule has 0 radical (unpaired) electrons. The molecule has 1 N–H and O–H groups in total. The Morgan fingerprint density at radius 1 is 1.30 bits per heavy atom. The number of rotatable bonds is 7. The lowest BCUT2D eigenvalue weighted by Gasteiger charge is -2.25. The third-order valence-corrected chi connectivity index (χ3v) is 4.98. The van der Waals surface area contributed by atoms with Crippen LogP contribution in [-0.2, 0) is 4.79 Å².